The Morgan fingerprint density at radius 2 is 1.76 bits per heavy atom. The molecule has 0 N–H and O–H groups in total. The van der Waals surface area contributed by atoms with Crippen molar-refractivity contribution >= 4 is 29.1 Å². The molecule has 5 rings (SSSR count). The predicted octanol–water partition coefficient (Wildman–Crippen LogP) is 6.29. The highest BCUT2D eigenvalue weighted by Crippen LogP contribution is 2.37. The summed E-state index contributed by atoms with van der Waals surface area (Å²) in [7, 11) is 0. The Hall–Kier alpha value is -3.16. The summed E-state index contributed by atoms with van der Waals surface area (Å²) in [5.74, 6) is 1.07. The van der Waals surface area contributed by atoms with E-state index in [0.717, 1.165) is 17.5 Å². The molecule has 1 unspecified atom stereocenters. The molecule has 7 nitrogen and oxygen atoms in total. The molecule has 2 aromatic heterocycles. The van der Waals surface area contributed by atoms with Gasteiger partial charge in [-0.1, -0.05) is 63.8 Å². The Bertz CT molecular complexity index is 1350. The van der Waals surface area contributed by atoms with E-state index in [9.17, 15) is 4.79 Å². The number of halogens is 2. The number of amides is 1. The van der Waals surface area contributed by atoms with Gasteiger partial charge in [0.15, 0.2) is 0 Å². The van der Waals surface area contributed by atoms with E-state index >= 15 is 0 Å². The molecule has 0 bridgehead atoms. The summed E-state index contributed by atoms with van der Waals surface area (Å²) in [6.07, 6.45) is 1.53. The van der Waals surface area contributed by atoms with Gasteiger partial charge in [0.25, 0.3) is 5.91 Å². The fourth-order valence-electron chi connectivity index (χ4n) is 4.20. The molecular weight excluding hydrogens is 463 g/mol. The lowest BCUT2D eigenvalue weighted by atomic mass is 10.0. The van der Waals surface area contributed by atoms with Crippen LogP contribution in [0.25, 0.3) is 22.6 Å². The van der Waals surface area contributed by atoms with Gasteiger partial charge in [-0.3, -0.25) is 4.79 Å². The lowest BCUT2D eigenvalue weighted by Crippen LogP contribution is -2.31. The van der Waals surface area contributed by atoms with Gasteiger partial charge < -0.3 is 13.9 Å². The second-order valence-electron chi connectivity index (χ2n) is 7.97. The van der Waals surface area contributed by atoms with Crippen molar-refractivity contribution in [2.45, 2.75) is 32.7 Å². The number of hydrogen-bond donors (Lipinski definition) is 0. The minimum Gasteiger partial charge on any atom is -0.360 e. The normalized spacial score (nSPS) is 15.9. The van der Waals surface area contributed by atoms with Crippen molar-refractivity contribution in [1.29, 1.82) is 0 Å². The average Bonchev–Trinajstić information content (AvgIpc) is 3.55. The standard InChI is InChI=1S/C24H20Cl2N4O3/c1-13-15(8-5-10-17(13)25)22-27-23(33-29-22)19-11-6-12-30(19)24(31)20-14(2)32-28-21(20)16-7-3-4-9-18(16)26/h3-5,7-10,19H,6,11-12H2,1-2H3. The van der Waals surface area contributed by atoms with Crippen LogP contribution in [0.5, 0.6) is 0 Å². The monoisotopic (exact) mass is 482 g/mol. The topological polar surface area (TPSA) is 85.3 Å². The van der Waals surface area contributed by atoms with Crippen molar-refractivity contribution in [3.63, 3.8) is 0 Å². The second kappa shape index (κ2) is 8.65. The van der Waals surface area contributed by atoms with Crippen molar-refractivity contribution < 1.29 is 13.8 Å². The first-order valence-corrected chi connectivity index (χ1v) is 11.3. The first-order chi connectivity index (χ1) is 16.0. The SMILES string of the molecule is Cc1onc(-c2ccccc2Cl)c1C(=O)N1CCCC1c1nc(-c2cccc(Cl)c2C)no1. The first-order valence-electron chi connectivity index (χ1n) is 10.6. The Kier molecular flexibility index (Phi) is 5.68. The van der Waals surface area contributed by atoms with E-state index in [2.05, 4.69) is 15.3 Å². The number of carbonyl (C=O) groups is 1. The Morgan fingerprint density at radius 3 is 2.58 bits per heavy atom. The van der Waals surface area contributed by atoms with E-state index in [0.29, 0.717) is 57.3 Å². The van der Waals surface area contributed by atoms with Gasteiger partial charge in [0.2, 0.25) is 11.7 Å². The second-order valence-corrected chi connectivity index (χ2v) is 8.78. The van der Waals surface area contributed by atoms with Crippen molar-refractivity contribution in [2.75, 3.05) is 6.54 Å². The highest BCUT2D eigenvalue weighted by Gasteiger charge is 2.37. The molecule has 4 aromatic rings. The van der Waals surface area contributed by atoms with Crippen LogP contribution in [-0.2, 0) is 0 Å². The van der Waals surface area contributed by atoms with Crippen LogP contribution in [0.1, 0.15) is 46.5 Å². The summed E-state index contributed by atoms with van der Waals surface area (Å²) in [6.45, 7) is 4.19. The average molecular weight is 483 g/mol. The number of nitrogens with zero attached hydrogens (tertiary/aromatic N) is 4. The Labute approximate surface area is 200 Å². The van der Waals surface area contributed by atoms with Gasteiger partial charge in [-0.15, -0.1) is 0 Å². The molecule has 3 heterocycles. The maximum Gasteiger partial charge on any atom is 0.260 e. The van der Waals surface area contributed by atoms with Crippen LogP contribution >= 0.6 is 23.2 Å². The van der Waals surface area contributed by atoms with Crippen molar-refractivity contribution in [3.05, 3.63) is 75.3 Å². The zero-order valence-corrected chi connectivity index (χ0v) is 19.5. The zero-order valence-electron chi connectivity index (χ0n) is 18.0. The van der Waals surface area contributed by atoms with Crippen LogP contribution in [-0.4, -0.2) is 32.6 Å². The van der Waals surface area contributed by atoms with Gasteiger partial charge in [-0.05, 0) is 44.4 Å². The molecule has 1 atom stereocenters. The summed E-state index contributed by atoms with van der Waals surface area (Å²) in [5.41, 5.74) is 3.13. The van der Waals surface area contributed by atoms with Crippen LogP contribution in [0.15, 0.2) is 51.5 Å². The quantitative estimate of drug-likeness (QED) is 0.339. The molecule has 0 spiro atoms. The molecule has 0 radical (unpaired) electrons. The van der Waals surface area contributed by atoms with E-state index < -0.39 is 0 Å². The summed E-state index contributed by atoms with van der Waals surface area (Å²) in [5, 5.41) is 9.41. The zero-order chi connectivity index (χ0) is 23.1. The lowest BCUT2D eigenvalue weighted by Gasteiger charge is -2.22. The van der Waals surface area contributed by atoms with Crippen molar-refractivity contribution in [3.8, 4) is 22.6 Å². The van der Waals surface area contributed by atoms with Crippen molar-refractivity contribution in [2.24, 2.45) is 0 Å². The highest BCUT2D eigenvalue weighted by atomic mass is 35.5. The van der Waals surface area contributed by atoms with E-state index in [1.54, 1.807) is 17.9 Å². The van der Waals surface area contributed by atoms with Crippen LogP contribution < -0.4 is 0 Å². The van der Waals surface area contributed by atoms with E-state index in [-0.39, 0.29) is 11.9 Å². The molecule has 1 aliphatic rings. The van der Waals surface area contributed by atoms with Gasteiger partial charge in [0.05, 0.1) is 5.02 Å². The van der Waals surface area contributed by atoms with Gasteiger partial charge >= 0.3 is 0 Å². The fourth-order valence-corrected chi connectivity index (χ4v) is 4.60. The van der Waals surface area contributed by atoms with Gasteiger partial charge in [-0.25, -0.2) is 0 Å². The largest absolute Gasteiger partial charge is 0.360 e. The highest BCUT2D eigenvalue weighted by molar-refractivity contribution is 6.33. The molecule has 1 amide bonds. The van der Waals surface area contributed by atoms with Crippen LogP contribution in [0, 0.1) is 13.8 Å². The number of aryl methyl sites for hydroxylation is 1. The number of carbonyl (C=O) groups excluding carboxylic acids is 1. The number of rotatable bonds is 4. The molecule has 33 heavy (non-hydrogen) atoms. The van der Waals surface area contributed by atoms with Gasteiger partial charge in [0.1, 0.15) is 23.1 Å². The minimum absolute atomic E-state index is 0.204. The molecule has 9 heteroatoms. The van der Waals surface area contributed by atoms with Crippen LogP contribution in [0.4, 0.5) is 0 Å². The fraction of sp³-hybridized carbons (Fsp3) is 0.250. The number of likely N-dealkylation sites (tertiary alicyclic amines) is 1. The summed E-state index contributed by atoms with van der Waals surface area (Å²) in [6, 6.07) is 12.5. The van der Waals surface area contributed by atoms with Crippen LogP contribution in [0.2, 0.25) is 10.0 Å². The summed E-state index contributed by atoms with van der Waals surface area (Å²) >= 11 is 12.6. The third-order valence-electron chi connectivity index (χ3n) is 5.95. The maximum absolute atomic E-state index is 13.7. The van der Waals surface area contributed by atoms with E-state index in [1.165, 1.54) is 0 Å². The minimum atomic E-state index is -0.341. The smallest absolute Gasteiger partial charge is 0.260 e. The number of hydrogen-bond acceptors (Lipinski definition) is 6. The number of aromatic nitrogens is 3. The molecule has 0 aliphatic carbocycles. The molecule has 168 valence electrons. The molecule has 0 saturated carbocycles. The molecule has 2 aromatic carbocycles. The Balaban J connectivity index is 1.48. The third kappa shape index (κ3) is 3.81. The molecular formula is C24H20Cl2N4O3. The molecule has 1 aliphatic heterocycles. The van der Waals surface area contributed by atoms with Gasteiger partial charge in [0, 0.05) is 22.7 Å². The third-order valence-corrected chi connectivity index (χ3v) is 6.69. The predicted molar refractivity (Wildman–Crippen MR) is 124 cm³/mol. The Morgan fingerprint density at radius 1 is 1.00 bits per heavy atom. The van der Waals surface area contributed by atoms with Crippen molar-refractivity contribution in [1.82, 2.24) is 20.2 Å². The van der Waals surface area contributed by atoms with E-state index in [4.69, 9.17) is 32.2 Å². The molecule has 1 fully saturated rings. The summed E-state index contributed by atoms with van der Waals surface area (Å²) in [4.78, 5) is 20.0. The maximum atomic E-state index is 13.7. The van der Waals surface area contributed by atoms with E-state index in [1.807, 2.05) is 43.3 Å². The van der Waals surface area contributed by atoms with Crippen LogP contribution in [0.3, 0.4) is 0 Å². The first kappa shape index (κ1) is 21.7. The lowest BCUT2D eigenvalue weighted by molar-refractivity contribution is 0.0709. The summed E-state index contributed by atoms with van der Waals surface area (Å²) < 4.78 is 11.0. The molecule has 1 saturated heterocycles. The van der Waals surface area contributed by atoms with Gasteiger partial charge in [-0.2, -0.15) is 4.98 Å². The number of benzene rings is 2.